The molecule has 3 aromatic carbocycles. The van der Waals surface area contributed by atoms with Crippen LogP contribution in [0.4, 0.5) is 5.69 Å². The van der Waals surface area contributed by atoms with Gasteiger partial charge in [0.05, 0.1) is 16.6 Å². The number of carbonyl (C=O) groups is 1. The molecule has 4 aromatic rings. The Kier molecular flexibility index (Phi) is 5.84. The number of nitrogens with zero attached hydrogens (tertiary/aromatic N) is 3. The van der Waals surface area contributed by atoms with Gasteiger partial charge in [0.25, 0.3) is 0 Å². The molecule has 0 aliphatic carbocycles. The molecule has 1 aromatic heterocycles. The monoisotopic (exact) mass is 459 g/mol. The molecule has 0 N–H and O–H groups in total. The van der Waals surface area contributed by atoms with Crippen LogP contribution in [0.15, 0.2) is 77.3 Å². The Hall–Kier alpha value is -3.64. The molecular weight excluding hydrogens is 438 g/mol. The van der Waals surface area contributed by atoms with E-state index in [9.17, 15) is 4.79 Å². The van der Waals surface area contributed by atoms with Crippen LogP contribution in [0.1, 0.15) is 29.4 Å². The number of para-hydroxylation sites is 1. The lowest BCUT2D eigenvalue weighted by atomic mass is 10.1. The Bertz CT molecular complexity index is 1250. The quantitative estimate of drug-likeness (QED) is 0.364. The highest BCUT2D eigenvalue weighted by atomic mass is 35.5. The first kappa shape index (κ1) is 21.2. The zero-order chi connectivity index (χ0) is 22.8. The number of amides is 1. The third kappa shape index (κ3) is 4.47. The van der Waals surface area contributed by atoms with E-state index in [0.29, 0.717) is 36.3 Å². The van der Waals surface area contributed by atoms with Crippen LogP contribution in [0.2, 0.25) is 5.02 Å². The van der Waals surface area contributed by atoms with Crippen molar-refractivity contribution in [2.24, 2.45) is 0 Å². The fourth-order valence-corrected chi connectivity index (χ4v) is 4.34. The van der Waals surface area contributed by atoms with Crippen LogP contribution in [-0.2, 0) is 11.4 Å². The molecule has 33 heavy (non-hydrogen) atoms. The van der Waals surface area contributed by atoms with E-state index in [1.165, 1.54) is 0 Å². The standard InChI is InChI=1S/C26H22ClN3O3/c1-17-6-5-9-22(27)24(17)30-15-20(14-23(30)31)26-28-25(29-33-26)19-10-12-21(13-11-19)32-16-18-7-3-2-4-8-18/h2-13,20H,14-16H2,1H3. The van der Waals surface area contributed by atoms with Crippen molar-refractivity contribution in [3.05, 3.63) is 94.8 Å². The number of hydrogen-bond donors (Lipinski definition) is 0. The molecule has 1 aliphatic rings. The number of anilines is 1. The van der Waals surface area contributed by atoms with E-state index in [1.54, 1.807) is 11.0 Å². The number of halogens is 1. The number of benzene rings is 3. The first-order valence-electron chi connectivity index (χ1n) is 10.7. The van der Waals surface area contributed by atoms with Crippen LogP contribution in [0.25, 0.3) is 11.4 Å². The van der Waals surface area contributed by atoms with Crippen molar-refractivity contribution in [2.45, 2.75) is 25.9 Å². The van der Waals surface area contributed by atoms with Crippen LogP contribution in [-0.4, -0.2) is 22.6 Å². The molecule has 0 saturated carbocycles. The SMILES string of the molecule is Cc1cccc(Cl)c1N1CC(c2nc(-c3ccc(OCc4ccccc4)cc3)no2)CC1=O. The summed E-state index contributed by atoms with van der Waals surface area (Å²) < 4.78 is 11.4. The first-order chi connectivity index (χ1) is 16.1. The summed E-state index contributed by atoms with van der Waals surface area (Å²) >= 11 is 6.37. The summed E-state index contributed by atoms with van der Waals surface area (Å²) in [6.45, 7) is 2.90. The molecule has 5 rings (SSSR count). The maximum Gasteiger partial charge on any atom is 0.232 e. The predicted octanol–water partition coefficient (Wildman–Crippen LogP) is 5.80. The van der Waals surface area contributed by atoms with Gasteiger partial charge >= 0.3 is 0 Å². The van der Waals surface area contributed by atoms with Crippen molar-refractivity contribution in [1.29, 1.82) is 0 Å². The second-order valence-electron chi connectivity index (χ2n) is 8.07. The van der Waals surface area contributed by atoms with Gasteiger partial charge in [0.1, 0.15) is 12.4 Å². The van der Waals surface area contributed by atoms with E-state index in [-0.39, 0.29) is 11.8 Å². The maximum atomic E-state index is 12.7. The normalized spacial score (nSPS) is 15.8. The summed E-state index contributed by atoms with van der Waals surface area (Å²) in [6.07, 6.45) is 0.304. The lowest BCUT2D eigenvalue weighted by molar-refractivity contribution is -0.117. The van der Waals surface area contributed by atoms with Crippen molar-refractivity contribution < 1.29 is 14.1 Å². The molecule has 6 nitrogen and oxygen atoms in total. The second-order valence-corrected chi connectivity index (χ2v) is 8.47. The van der Waals surface area contributed by atoms with Gasteiger partial charge < -0.3 is 14.2 Å². The average molecular weight is 460 g/mol. The van der Waals surface area contributed by atoms with Crippen molar-refractivity contribution in [3.63, 3.8) is 0 Å². The van der Waals surface area contributed by atoms with Gasteiger partial charge in [-0.2, -0.15) is 4.98 Å². The van der Waals surface area contributed by atoms with Crippen LogP contribution >= 0.6 is 11.6 Å². The van der Waals surface area contributed by atoms with Gasteiger partial charge in [0, 0.05) is 18.5 Å². The topological polar surface area (TPSA) is 68.5 Å². The van der Waals surface area contributed by atoms with Gasteiger partial charge in [-0.1, -0.05) is 59.2 Å². The summed E-state index contributed by atoms with van der Waals surface area (Å²) in [5.74, 6) is 1.52. The molecule has 0 bridgehead atoms. The molecule has 2 heterocycles. The Morgan fingerprint density at radius 1 is 1.06 bits per heavy atom. The molecule has 0 spiro atoms. The molecule has 0 radical (unpaired) electrons. The second kappa shape index (κ2) is 9.08. The molecular formula is C26H22ClN3O3. The van der Waals surface area contributed by atoms with Crippen molar-refractivity contribution in [2.75, 3.05) is 11.4 Å². The van der Waals surface area contributed by atoms with Crippen molar-refractivity contribution in [3.8, 4) is 17.1 Å². The van der Waals surface area contributed by atoms with E-state index >= 15 is 0 Å². The Balaban J connectivity index is 1.27. The van der Waals surface area contributed by atoms with Crippen LogP contribution < -0.4 is 9.64 Å². The van der Waals surface area contributed by atoms with Crippen LogP contribution in [0.3, 0.4) is 0 Å². The number of aromatic nitrogens is 2. The molecule has 1 amide bonds. The van der Waals surface area contributed by atoms with Gasteiger partial charge in [-0.05, 0) is 48.4 Å². The van der Waals surface area contributed by atoms with Gasteiger partial charge in [0.2, 0.25) is 17.6 Å². The number of ether oxygens (including phenoxy) is 1. The summed E-state index contributed by atoms with van der Waals surface area (Å²) in [5.41, 5.74) is 3.63. The van der Waals surface area contributed by atoms with E-state index in [1.807, 2.05) is 73.7 Å². The smallest absolute Gasteiger partial charge is 0.232 e. The maximum absolute atomic E-state index is 12.7. The minimum Gasteiger partial charge on any atom is -0.489 e. The molecule has 1 atom stereocenters. The third-order valence-electron chi connectivity index (χ3n) is 5.74. The fraction of sp³-hybridized carbons (Fsp3) is 0.192. The summed E-state index contributed by atoms with van der Waals surface area (Å²) in [5, 5.41) is 4.69. The van der Waals surface area contributed by atoms with E-state index in [2.05, 4.69) is 10.1 Å². The van der Waals surface area contributed by atoms with E-state index in [4.69, 9.17) is 20.9 Å². The first-order valence-corrected chi connectivity index (χ1v) is 11.1. The highest BCUT2D eigenvalue weighted by Crippen LogP contribution is 2.37. The molecule has 1 unspecified atom stereocenters. The average Bonchev–Trinajstić information content (AvgIpc) is 3.46. The predicted molar refractivity (Wildman–Crippen MR) is 126 cm³/mol. The minimum absolute atomic E-state index is 0.00383. The van der Waals surface area contributed by atoms with Crippen LogP contribution in [0, 0.1) is 6.92 Å². The number of hydrogen-bond acceptors (Lipinski definition) is 5. The van der Waals surface area contributed by atoms with Gasteiger partial charge in [0.15, 0.2) is 0 Å². The lowest BCUT2D eigenvalue weighted by Gasteiger charge is -2.20. The van der Waals surface area contributed by atoms with E-state index < -0.39 is 0 Å². The lowest BCUT2D eigenvalue weighted by Crippen LogP contribution is -2.25. The zero-order valence-electron chi connectivity index (χ0n) is 18.1. The van der Waals surface area contributed by atoms with Gasteiger partial charge in [-0.3, -0.25) is 4.79 Å². The highest BCUT2D eigenvalue weighted by Gasteiger charge is 2.36. The molecule has 1 aliphatic heterocycles. The Morgan fingerprint density at radius 3 is 2.61 bits per heavy atom. The molecule has 1 fully saturated rings. The van der Waals surface area contributed by atoms with Crippen molar-refractivity contribution in [1.82, 2.24) is 10.1 Å². The largest absolute Gasteiger partial charge is 0.489 e. The summed E-state index contributed by atoms with van der Waals surface area (Å²) in [7, 11) is 0. The number of rotatable bonds is 6. The molecule has 166 valence electrons. The fourth-order valence-electron chi connectivity index (χ4n) is 4.01. The molecule has 1 saturated heterocycles. The summed E-state index contributed by atoms with van der Waals surface area (Å²) in [6, 6.07) is 23.2. The van der Waals surface area contributed by atoms with E-state index in [0.717, 1.165) is 28.1 Å². The Morgan fingerprint density at radius 2 is 1.85 bits per heavy atom. The molecule has 7 heteroatoms. The highest BCUT2D eigenvalue weighted by molar-refractivity contribution is 6.34. The van der Waals surface area contributed by atoms with Crippen LogP contribution in [0.5, 0.6) is 5.75 Å². The summed E-state index contributed by atoms with van der Waals surface area (Å²) in [4.78, 5) is 19.0. The van der Waals surface area contributed by atoms with Crippen molar-refractivity contribution >= 4 is 23.2 Å². The van der Waals surface area contributed by atoms with Gasteiger partial charge in [-0.15, -0.1) is 0 Å². The van der Waals surface area contributed by atoms with Gasteiger partial charge in [-0.25, -0.2) is 0 Å². The number of aryl methyl sites for hydroxylation is 1. The minimum atomic E-state index is -0.178. The number of carbonyl (C=O) groups excluding carboxylic acids is 1. The zero-order valence-corrected chi connectivity index (χ0v) is 18.8. The Labute approximate surface area is 196 Å². The third-order valence-corrected chi connectivity index (χ3v) is 6.04.